The number of nitrogens with one attached hydrogen (secondary N) is 1. The number of carbonyl (C=O) groups excluding carboxylic acids is 2. The van der Waals surface area contributed by atoms with Gasteiger partial charge in [0, 0.05) is 12.8 Å². The maximum Gasteiger partial charge on any atom is 0.305 e. The molecule has 6 nitrogen and oxygen atoms in total. The van der Waals surface area contributed by atoms with Crippen LogP contribution in [-0.2, 0) is 14.3 Å². The average molecular weight is 1100 g/mol. The van der Waals surface area contributed by atoms with Crippen LogP contribution < -0.4 is 5.32 Å². The third kappa shape index (κ3) is 63.5. The number of amides is 1. The van der Waals surface area contributed by atoms with Gasteiger partial charge in [0.05, 0.1) is 25.4 Å². The van der Waals surface area contributed by atoms with Crippen LogP contribution in [0.4, 0.5) is 0 Å². The number of unbranched alkanes of at least 4 members (excludes halogenated alkanes) is 54. The van der Waals surface area contributed by atoms with Crippen molar-refractivity contribution < 1.29 is 24.5 Å². The van der Waals surface area contributed by atoms with Crippen molar-refractivity contribution in [2.75, 3.05) is 13.2 Å². The van der Waals surface area contributed by atoms with Crippen molar-refractivity contribution in [3.05, 3.63) is 24.3 Å². The van der Waals surface area contributed by atoms with Gasteiger partial charge < -0.3 is 20.3 Å². The van der Waals surface area contributed by atoms with E-state index in [1.54, 1.807) is 6.08 Å². The van der Waals surface area contributed by atoms with E-state index >= 15 is 0 Å². The van der Waals surface area contributed by atoms with Gasteiger partial charge in [-0.05, 0) is 57.8 Å². The largest absolute Gasteiger partial charge is 0.466 e. The Kier molecular flexibility index (Phi) is 66.4. The second-order valence-corrected chi connectivity index (χ2v) is 24.6. The van der Waals surface area contributed by atoms with Crippen LogP contribution in [0.25, 0.3) is 0 Å². The van der Waals surface area contributed by atoms with Crippen LogP contribution in [-0.4, -0.2) is 47.4 Å². The van der Waals surface area contributed by atoms with Crippen LogP contribution in [0, 0.1) is 0 Å². The fraction of sp³-hybridized carbons (Fsp3) is 0.917. The third-order valence-corrected chi connectivity index (χ3v) is 16.7. The number of aliphatic hydroxyl groups is 2. The van der Waals surface area contributed by atoms with Gasteiger partial charge in [-0.2, -0.15) is 0 Å². The number of hydrogen-bond donors (Lipinski definition) is 3. The first kappa shape index (κ1) is 76.3. The molecule has 0 aromatic rings. The summed E-state index contributed by atoms with van der Waals surface area (Å²) >= 11 is 0. The average Bonchev–Trinajstić information content (AvgIpc) is 3.44. The third-order valence-electron chi connectivity index (χ3n) is 16.7. The standard InChI is InChI=1S/C72H139NO5/c1-3-5-7-9-11-13-15-40-44-48-52-56-60-64-70(75)69(68-74)73-71(76)65-61-57-53-49-45-42-38-36-34-32-30-28-26-24-22-20-18-17-19-21-23-25-27-29-31-33-35-37-39-43-47-51-55-59-63-67-78-72(77)66-62-58-54-50-46-41-16-14-12-10-8-6-4-2/h19,21,60,64,69-70,74-75H,3-18,20,22-59,61-63,65-68H2,1-2H3,(H,73,76)/b21-19-,64-60+. The Hall–Kier alpha value is -1.66. The first-order valence-corrected chi connectivity index (χ1v) is 35.6. The van der Waals surface area contributed by atoms with Gasteiger partial charge >= 0.3 is 5.97 Å². The molecule has 6 heteroatoms. The van der Waals surface area contributed by atoms with E-state index in [-0.39, 0.29) is 18.5 Å². The molecule has 78 heavy (non-hydrogen) atoms. The molecule has 2 unspecified atom stereocenters. The summed E-state index contributed by atoms with van der Waals surface area (Å²) in [4.78, 5) is 24.5. The molecule has 0 radical (unpaired) electrons. The summed E-state index contributed by atoms with van der Waals surface area (Å²) in [5.74, 6) is -0.0407. The zero-order chi connectivity index (χ0) is 56.4. The van der Waals surface area contributed by atoms with E-state index in [4.69, 9.17) is 4.74 Å². The minimum Gasteiger partial charge on any atom is -0.466 e. The smallest absolute Gasteiger partial charge is 0.305 e. The van der Waals surface area contributed by atoms with Crippen LogP contribution in [0.3, 0.4) is 0 Å². The highest BCUT2D eigenvalue weighted by atomic mass is 16.5. The maximum atomic E-state index is 12.5. The molecule has 0 aliphatic carbocycles. The van der Waals surface area contributed by atoms with Gasteiger partial charge in [-0.15, -0.1) is 0 Å². The molecule has 2 atom stereocenters. The summed E-state index contributed by atoms with van der Waals surface area (Å²) in [6.45, 7) is 4.93. The Balaban J connectivity index is 3.33. The minimum atomic E-state index is -0.841. The molecule has 0 aromatic heterocycles. The van der Waals surface area contributed by atoms with Crippen molar-refractivity contribution in [3.8, 4) is 0 Å². The Morgan fingerprint density at radius 3 is 0.910 bits per heavy atom. The van der Waals surface area contributed by atoms with E-state index in [0.717, 1.165) is 38.5 Å². The Morgan fingerprint density at radius 2 is 0.603 bits per heavy atom. The molecular weight excluding hydrogens is 959 g/mol. The predicted molar refractivity (Wildman–Crippen MR) is 343 cm³/mol. The van der Waals surface area contributed by atoms with E-state index < -0.39 is 12.1 Å². The van der Waals surface area contributed by atoms with Crippen molar-refractivity contribution in [1.29, 1.82) is 0 Å². The van der Waals surface area contributed by atoms with Crippen LogP contribution in [0.2, 0.25) is 0 Å². The molecule has 0 saturated carbocycles. The summed E-state index contributed by atoms with van der Waals surface area (Å²) < 4.78 is 5.49. The van der Waals surface area contributed by atoms with E-state index in [2.05, 4.69) is 31.3 Å². The van der Waals surface area contributed by atoms with Gasteiger partial charge in [0.1, 0.15) is 0 Å². The van der Waals surface area contributed by atoms with Gasteiger partial charge in [-0.1, -0.05) is 353 Å². The summed E-state index contributed by atoms with van der Waals surface area (Å²) in [7, 11) is 0. The van der Waals surface area contributed by atoms with E-state index in [0.29, 0.717) is 19.4 Å². The number of hydrogen-bond acceptors (Lipinski definition) is 5. The quantitative estimate of drug-likeness (QED) is 0.0320. The van der Waals surface area contributed by atoms with Gasteiger partial charge in [-0.25, -0.2) is 0 Å². The first-order chi connectivity index (χ1) is 38.5. The molecular formula is C72H139NO5. The lowest BCUT2D eigenvalue weighted by molar-refractivity contribution is -0.143. The highest BCUT2D eigenvalue weighted by Crippen LogP contribution is 2.19. The molecule has 462 valence electrons. The van der Waals surface area contributed by atoms with Crippen molar-refractivity contribution in [2.45, 2.75) is 411 Å². The summed E-state index contributed by atoms with van der Waals surface area (Å²) in [5.41, 5.74) is 0. The Labute approximate surface area is 488 Å². The Morgan fingerprint density at radius 1 is 0.346 bits per heavy atom. The second kappa shape index (κ2) is 67.8. The van der Waals surface area contributed by atoms with Crippen molar-refractivity contribution in [2.24, 2.45) is 0 Å². The van der Waals surface area contributed by atoms with Gasteiger partial charge in [-0.3, -0.25) is 9.59 Å². The van der Waals surface area contributed by atoms with E-state index in [1.807, 2.05) is 6.08 Å². The molecule has 0 aliphatic heterocycles. The number of carbonyl (C=O) groups is 2. The van der Waals surface area contributed by atoms with Crippen LogP contribution >= 0.6 is 0 Å². The number of esters is 1. The molecule has 0 fully saturated rings. The fourth-order valence-electron chi connectivity index (χ4n) is 11.3. The summed E-state index contributed by atoms with van der Waals surface area (Å²) in [5, 5.41) is 23.1. The highest BCUT2D eigenvalue weighted by Gasteiger charge is 2.18. The summed E-state index contributed by atoms with van der Waals surface area (Å²) in [6.07, 6.45) is 85.6. The van der Waals surface area contributed by atoms with Crippen molar-refractivity contribution in [3.63, 3.8) is 0 Å². The molecule has 0 heterocycles. The lowest BCUT2D eigenvalue weighted by Gasteiger charge is -2.20. The zero-order valence-corrected chi connectivity index (χ0v) is 52.9. The van der Waals surface area contributed by atoms with Crippen LogP contribution in [0.15, 0.2) is 24.3 Å². The normalized spacial score (nSPS) is 12.6. The zero-order valence-electron chi connectivity index (χ0n) is 52.9. The minimum absolute atomic E-state index is 0.0220. The van der Waals surface area contributed by atoms with Crippen molar-refractivity contribution >= 4 is 11.9 Å². The number of rotatable bonds is 67. The molecule has 1 amide bonds. The molecule has 0 rings (SSSR count). The molecule has 3 N–H and O–H groups in total. The molecule has 0 spiro atoms. The predicted octanol–water partition coefficient (Wildman–Crippen LogP) is 22.9. The van der Waals surface area contributed by atoms with E-state index in [9.17, 15) is 19.8 Å². The Bertz CT molecular complexity index is 1220. The maximum absolute atomic E-state index is 12.5. The molecule has 0 aromatic carbocycles. The van der Waals surface area contributed by atoms with Crippen LogP contribution in [0.1, 0.15) is 399 Å². The van der Waals surface area contributed by atoms with Crippen molar-refractivity contribution in [1.82, 2.24) is 5.32 Å². The highest BCUT2D eigenvalue weighted by molar-refractivity contribution is 5.76. The second-order valence-electron chi connectivity index (χ2n) is 24.6. The number of allylic oxidation sites excluding steroid dienone is 3. The molecule has 0 bridgehead atoms. The lowest BCUT2D eigenvalue weighted by atomic mass is 10.0. The van der Waals surface area contributed by atoms with Gasteiger partial charge in [0.25, 0.3) is 0 Å². The fourth-order valence-corrected chi connectivity index (χ4v) is 11.3. The van der Waals surface area contributed by atoms with Crippen LogP contribution in [0.5, 0.6) is 0 Å². The van der Waals surface area contributed by atoms with Gasteiger partial charge in [0.2, 0.25) is 5.91 Å². The number of ether oxygens (including phenoxy) is 1. The molecule has 0 saturated heterocycles. The lowest BCUT2D eigenvalue weighted by Crippen LogP contribution is -2.45. The monoisotopic (exact) mass is 1100 g/mol. The van der Waals surface area contributed by atoms with Gasteiger partial charge in [0.15, 0.2) is 0 Å². The topological polar surface area (TPSA) is 95.9 Å². The molecule has 0 aliphatic rings. The SMILES string of the molecule is CCCCCCCCCCCCC/C=C/C(O)C(CO)NC(=O)CCCCCCCCCCCCCCCCCCC/C=C\CCCCCCCCCCCCCCCCOC(=O)CCCCCCCCCCCCCCC. The first-order valence-electron chi connectivity index (χ1n) is 35.6. The number of aliphatic hydroxyl groups excluding tert-OH is 2. The van der Waals surface area contributed by atoms with E-state index in [1.165, 1.54) is 334 Å². The summed E-state index contributed by atoms with van der Waals surface area (Å²) in [6, 6.07) is -0.624.